The van der Waals surface area contributed by atoms with E-state index in [1.165, 1.54) is 0 Å². The highest BCUT2D eigenvalue weighted by Crippen LogP contribution is 2.29. The molecule has 1 aliphatic rings. The first-order valence-electron chi connectivity index (χ1n) is 7.86. The lowest BCUT2D eigenvalue weighted by Gasteiger charge is -2.11. The quantitative estimate of drug-likeness (QED) is 0.322. The van der Waals surface area contributed by atoms with Crippen LogP contribution in [0.1, 0.15) is 6.92 Å². The smallest absolute Gasteiger partial charge is 0.333 e. The maximum atomic E-state index is 11.3. The van der Waals surface area contributed by atoms with Gasteiger partial charge in [-0.15, -0.1) is 0 Å². The number of esters is 1. The highest BCUT2D eigenvalue weighted by molar-refractivity contribution is 5.89. The average molecular weight is 328 g/mol. The summed E-state index contributed by atoms with van der Waals surface area (Å²) >= 11 is 0. The summed E-state index contributed by atoms with van der Waals surface area (Å²) in [6.07, 6.45) is 0.227. The van der Waals surface area contributed by atoms with Gasteiger partial charge in [0.2, 0.25) is 0 Å². The molecule has 3 rings (SSSR count). The van der Waals surface area contributed by atoms with Crippen molar-refractivity contribution >= 4 is 16.7 Å². The Hall–Kier alpha value is -2.53. The average Bonchev–Trinajstić information content (AvgIpc) is 3.40. The maximum Gasteiger partial charge on any atom is 0.333 e. The Kier molecular flexibility index (Phi) is 5.01. The van der Waals surface area contributed by atoms with Crippen LogP contribution < -0.4 is 9.47 Å². The van der Waals surface area contributed by atoms with Crippen molar-refractivity contribution in [2.24, 2.45) is 0 Å². The lowest BCUT2D eigenvalue weighted by atomic mass is 10.1. The number of rotatable bonds is 8. The molecule has 2 aromatic carbocycles. The number of carbonyl (C=O) groups excluding carboxylic acids is 1. The SMILES string of the molecule is C=C(C)C(=O)OCCOc1ccc2c(OCC3CO3)cccc2c1. The first kappa shape index (κ1) is 16.3. The predicted molar refractivity (Wildman–Crippen MR) is 90.5 cm³/mol. The second kappa shape index (κ2) is 7.36. The molecule has 0 aromatic heterocycles. The van der Waals surface area contributed by atoms with Gasteiger partial charge in [-0.2, -0.15) is 0 Å². The van der Waals surface area contributed by atoms with Crippen molar-refractivity contribution in [3.63, 3.8) is 0 Å². The highest BCUT2D eigenvalue weighted by Gasteiger charge is 2.23. The number of ether oxygens (including phenoxy) is 4. The summed E-state index contributed by atoms with van der Waals surface area (Å²) in [6.45, 7) is 6.97. The van der Waals surface area contributed by atoms with Gasteiger partial charge in [0.15, 0.2) is 0 Å². The van der Waals surface area contributed by atoms with Crippen LogP contribution in [0.5, 0.6) is 11.5 Å². The third kappa shape index (κ3) is 4.26. The van der Waals surface area contributed by atoms with E-state index in [9.17, 15) is 4.79 Å². The molecule has 1 aliphatic heterocycles. The van der Waals surface area contributed by atoms with E-state index in [1.807, 2.05) is 36.4 Å². The first-order chi connectivity index (χ1) is 11.6. The molecule has 0 aliphatic carbocycles. The molecular weight excluding hydrogens is 308 g/mol. The van der Waals surface area contributed by atoms with Gasteiger partial charge in [0.05, 0.1) is 6.61 Å². The van der Waals surface area contributed by atoms with Crippen molar-refractivity contribution in [2.75, 3.05) is 26.4 Å². The normalized spacial score (nSPS) is 15.8. The van der Waals surface area contributed by atoms with Crippen LogP contribution in [0.25, 0.3) is 10.8 Å². The van der Waals surface area contributed by atoms with Gasteiger partial charge in [0.1, 0.15) is 37.4 Å². The van der Waals surface area contributed by atoms with Gasteiger partial charge in [-0.25, -0.2) is 4.79 Å². The Bertz CT molecular complexity index is 749. The molecule has 1 atom stereocenters. The van der Waals surface area contributed by atoms with E-state index in [0.717, 1.165) is 28.9 Å². The molecule has 5 nitrogen and oxygen atoms in total. The minimum absolute atomic E-state index is 0.189. The first-order valence-corrected chi connectivity index (χ1v) is 7.86. The molecule has 1 saturated heterocycles. The summed E-state index contributed by atoms with van der Waals surface area (Å²) < 4.78 is 21.6. The second-order valence-electron chi connectivity index (χ2n) is 5.67. The van der Waals surface area contributed by atoms with Crippen molar-refractivity contribution in [2.45, 2.75) is 13.0 Å². The monoisotopic (exact) mass is 328 g/mol. The summed E-state index contributed by atoms with van der Waals surface area (Å²) in [5.41, 5.74) is 0.379. The van der Waals surface area contributed by atoms with Crippen molar-refractivity contribution in [1.29, 1.82) is 0 Å². The van der Waals surface area contributed by atoms with Crippen molar-refractivity contribution in [1.82, 2.24) is 0 Å². The third-order valence-corrected chi connectivity index (χ3v) is 3.57. The molecule has 24 heavy (non-hydrogen) atoms. The largest absolute Gasteiger partial charge is 0.490 e. The lowest BCUT2D eigenvalue weighted by molar-refractivity contribution is -0.139. The fourth-order valence-corrected chi connectivity index (χ4v) is 2.21. The van der Waals surface area contributed by atoms with Gasteiger partial charge in [-0.05, 0) is 36.6 Å². The van der Waals surface area contributed by atoms with E-state index in [2.05, 4.69) is 6.58 Å². The van der Waals surface area contributed by atoms with Crippen LogP contribution in [0, 0.1) is 0 Å². The molecular formula is C19H20O5. The van der Waals surface area contributed by atoms with Crippen LogP contribution in [0.3, 0.4) is 0 Å². The summed E-state index contributed by atoms with van der Waals surface area (Å²) in [4.78, 5) is 11.3. The van der Waals surface area contributed by atoms with Crippen LogP contribution in [0.15, 0.2) is 48.6 Å². The minimum atomic E-state index is -0.404. The van der Waals surface area contributed by atoms with Gasteiger partial charge in [-0.1, -0.05) is 18.7 Å². The van der Waals surface area contributed by atoms with Gasteiger partial charge in [0.25, 0.3) is 0 Å². The summed E-state index contributed by atoms with van der Waals surface area (Å²) in [7, 11) is 0. The molecule has 0 bridgehead atoms. The molecule has 2 aromatic rings. The number of hydrogen-bond acceptors (Lipinski definition) is 5. The number of fused-ring (bicyclic) bond motifs is 1. The van der Waals surface area contributed by atoms with E-state index in [4.69, 9.17) is 18.9 Å². The van der Waals surface area contributed by atoms with Crippen molar-refractivity contribution in [3.8, 4) is 11.5 Å². The van der Waals surface area contributed by atoms with Crippen LogP contribution in [0.4, 0.5) is 0 Å². The zero-order valence-electron chi connectivity index (χ0n) is 13.6. The minimum Gasteiger partial charge on any atom is -0.490 e. The molecule has 0 spiro atoms. The standard InChI is InChI=1S/C19H20O5/c1-13(2)19(20)22-9-8-21-15-6-7-17-14(10-15)4-3-5-18(17)24-12-16-11-23-16/h3-7,10,16H,1,8-9,11-12H2,2H3. The molecule has 0 N–H and O–H groups in total. The number of hydrogen-bond donors (Lipinski definition) is 0. The topological polar surface area (TPSA) is 57.3 Å². The Morgan fingerprint density at radius 2 is 2.08 bits per heavy atom. The van der Waals surface area contributed by atoms with Gasteiger partial charge >= 0.3 is 5.97 Å². The molecule has 5 heteroatoms. The molecule has 1 heterocycles. The van der Waals surface area contributed by atoms with Crippen LogP contribution in [-0.4, -0.2) is 38.5 Å². The maximum absolute atomic E-state index is 11.3. The summed E-state index contributed by atoms with van der Waals surface area (Å²) in [5.74, 6) is 1.15. The zero-order chi connectivity index (χ0) is 16.9. The molecule has 1 fully saturated rings. The van der Waals surface area contributed by atoms with Crippen molar-refractivity contribution in [3.05, 3.63) is 48.6 Å². The second-order valence-corrected chi connectivity index (χ2v) is 5.67. The Morgan fingerprint density at radius 3 is 2.83 bits per heavy atom. The number of carbonyl (C=O) groups is 1. The molecule has 126 valence electrons. The van der Waals surface area contributed by atoms with Gasteiger partial charge in [0, 0.05) is 11.0 Å². The summed E-state index contributed by atoms with van der Waals surface area (Å²) in [5, 5.41) is 2.06. The Labute approximate surface area is 140 Å². The molecule has 1 unspecified atom stereocenters. The van der Waals surface area contributed by atoms with E-state index in [1.54, 1.807) is 6.92 Å². The number of epoxide rings is 1. The Balaban J connectivity index is 1.59. The zero-order valence-corrected chi connectivity index (χ0v) is 13.6. The van der Waals surface area contributed by atoms with Gasteiger partial charge in [-0.3, -0.25) is 0 Å². The Morgan fingerprint density at radius 1 is 1.25 bits per heavy atom. The lowest BCUT2D eigenvalue weighted by Crippen LogP contribution is -2.12. The molecule has 0 saturated carbocycles. The molecule has 0 radical (unpaired) electrons. The third-order valence-electron chi connectivity index (χ3n) is 3.57. The highest BCUT2D eigenvalue weighted by atomic mass is 16.6. The molecule has 0 amide bonds. The van der Waals surface area contributed by atoms with Crippen LogP contribution in [0.2, 0.25) is 0 Å². The van der Waals surface area contributed by atoms with Gasteiger partial charge < -0.3 is 18.9 Å². The predicted octanol–water partition coefficient (Wildman–Crippen LogP) is 3.12. The number of benzene rings is 2. The fourth-order valence-electron chi connectivity index (χ4n) is 2.21. The van der Waals surface area contributed by atoms with Crippen LogP contribution in [-0.2, 0) is 14.3 Å². The van der Waals surface area contributed by atoms with Crippen molar-refractivity contribution < 1.29 is 23.7 Å². The van der Waals surface area contributed by atoms with E-state index in [0.29, 0.717) is 18.8 Å². The fraction of sp³-hybridized carbons (Fsp3) is 0.316. The van der Waals surface area contributed by atoms with E-state index < -0.39 is 5.97 Å². The summed E-state index contributed by atoms with van der Waals surface area (Å²) in [6, 6.07) is 11.7. The van der Waals surface area contributed by atoms with E-state index in [-0.39, 0.29) is 12.7 Å². The van der Waals surface area contributed by atoms with E-state index >= 15 is 0 Å². The van der Waals surface area contributed by atoms with Crippen LogP contribution >= 0.6 is 0 Å².